The van der Waals surface area contributed by atoms with Crippen LogP contribution in [0.2, 0.25) is 0 Å². The lowest BCUT2D eigenvalue weighted by Gasteiger charge is -2.37. The number of hydrogen-bond acceptors (Lipinski definition) is 4. The number of phenols is 2. The van der Waals surface area contributed by atoms with Crippen LogP contribution in [0.5, 0.6) is 11.5 Å². The molecule has 0 aromatic heterocycles. The molecule has 1 aliphatic rings. The Balaban J connectivity index is 1.73. The first-order valence-electron chi connectivity index (χ1n) is 9.26. The van der Waals surface area contributed by atoms with E-state index >= 15 is 0 Å². The molecule has 0 radical (unpaired) electrons. The van der Waals surface area contributed by atoms with Crippen LogP contribution in [0.15, 0.2) is 18.2 Å². The molecular weight excluding hydrogens is 318 g/mol. The van der Waals surface area contributed by atoms with Crippen LogP contribution >= 0.6 is 0 Å². The topological polar surface area (TPSA) is 78.8 Å². The average molecular weight is 349 g/mol. The van der Waals surface area contributed by atoms with E-state index in [0.29, 0.717) is 30.7 Å². The van der Waals surface area contributed by atoms with E-state index in [9.17, 15) is 15.0 Å². The highest BCUT2D eigenvalue weighted by Gasteiger charge is 2.31. The number of nitrogens with one attached hydrogen (secondary N) is 1. The van der Waals surface area contributed by atoms with Gasteiger partial charge in [0, 0.05) is 6.54 Å². The third-order valence-electron chi connectivity index (χ3n) is 5.17. The second-order valence-electron chi connectivity index (χ2n) is 7.60. The van der Waals surface area contributed by atoms with Crippen molar-refractivity contribution in [3.63, 3.8) is 0 Å². The van der Waals surface area contributed by atoms with Crippen molar-refractivity contribution in [1.82, 2.24) is 5.32 Å². The van der Waals surface area contributed by atoms with Crippen LogP contribution in [0, 0.1) is 17.8 Å². The fourth-order valence-corrected chi connectivity index (χ4v) is 3.61. The van der Waals surface area contributed by atoms with E-state index in [1.807, 2.05) is 0 Å². The van der Waals surface area contributed by atoms with Crippen molar-refractivity contribution in [3.8, 4) is 11.5 Å². The average Bonchev–Trinajstić information content (AvgIpc) is 2.56. The molecule has 5 heteroatoms. The summed E-state index contributed by atoms with van der Waals surface area (Å²) in [4.78, 5) is 12.0. The largest absolute Gasteiger partial charge is 0.504 e. The second kappa shape index (κ2) is 9.09. The van der Waals surface area contributed by atoms with E-state index < -0.39 is 0 Å². The van der Waals surface area contributed by atoms with Crippen LogP contribution in [-0.4, -0.2) is 35.4 Å². The van der Waals surface area contributed by atoms with Gasteiger partial charge in [0.1, 0.15) is 6.61 Å². The van der Waals surface area contributed by atoms with Gasteiger partial charge in [-0.1, -0.05) is 33.3 Å². The van der Waals surface area contributed by atoms with Crippen LogP contribution in [0.25, 0.3) is 0 Å². The molecule has 5 nitrogen and oxygen atoms in total. The Morgan fingerprint density at radius 2 is 2.04 bits per heavy atom. The molecule has 1 aromatic rings. The number of benzene rings is 1. The quantitative estimate of drug-likeness (QED) is 0.660. The van der Waals surface area contributed by atoms with Crippen LogP contribution < -0.4 is 5.32 Å². The minimum absolute atomic E-state index is 0.0986. The highest BCUT2D eigenvalue weighted by Crippen LogP contribution is 2.35. The Morgan fingerprint density at radius 3 is 2.72 bits per heavy atom. The highest BCUT2D eigenvalue weighted by molar-refractivity contribution is 5.77. The van der Waals surface area contributed by atoms with E-state index in [1.165, 1.54) is 25.0 Å². The van der Waals surface area contributed by atoms with Gasteiger partial charge in [-0.25, -0.2) is 0 Å². The molecule has 3 N–H and O–H groups in total. The summed E-state index contributed by atoms with van der Waals surface area (Å²) in [6.07, 6.45) is 4.21. The molecule has 25 heavy (non-hydrogen) atoms. The zero-order chi connectivity index (χ0) is 18.4. The van der Waals surface area contributed by atoms with E-state index in [-0.39, 0.29) is 30.1 Å². The zero-order valence-corrected chi connectivity index (χ0v) is 15.5. The maximum absolute atomic E-state index is 12.0. The maximum Gasteiger partial charge on any atom is 0.246 e. The number of ether oxygens (including phenoxy) is 1. The van der Waals surface area contributed by atoms with Crippen LogP contribution in [0.1, 0.15) is 45.6 Å². The van der Waals surface area contributed by atoms with Crippen molar-refractivity contribution in [2.45, 2.75) is 52.6 Å². The van der Waals surface area contributed by atoms with Gasteiger partial charge in [-0.2, -0.15) is 0 Å². The Bertz CT molecular complexity index is 573. The first-order valence-corrected chi connectivity index (χ1v) is 9.26. The smallest absolute Gasteiger partial charge is 0.246 e. The van der Waals surface area contributed by atoms with Gasteiger partial charge in [0.25, 0.3) is 0 Å². The van der Waals surface area contributed by atoms with Gasteiger partial charge in [-0.15, -0.1) is 0 Å². The number of hydrogen-bond donors (Lipinski definition) is 3. The molecule has 0 saturated heterocycles. The van der Waals surface area contributed by atoms with Crippen LogP contribution in [-0.2, 0) is 16.0 Å². The third-order valence-corrected chi connectivity index (χ3v) is 5.17. The highest BCUT2D eigenvalue weighted by atomic mass is 16.5. The summed E-state index contributed by atoms with van der Waals surface area (Å²) in [5, 5.41) is 21.6. The normalized spacial score (nSPS) is 23.6. The molecule has 0 heterocycles. The Hall–Kier alpha value is -1.75. The standard InChI is InChI=1S/C20H31NO4/c1-13(2)16-6-4-14(3)10-19(16)25-12-20(24)21-9-8-15-5-7-17(22)18(23)11-15/h5,7,11,13-14,16,19,22-23H,4,6,8-10,12H2,1-3H3,(H,21,24). The minimum atomic E-state index is -0.140. The fraction of sp³-hybridized carbons (Fsp3) is 0.650. The van der Waals surface area contributed by atoms with Crippen LogP contribution in [0.3, 0.4) is 0 Å². The third kappa shape index (κ3) is 5.92. The van der Waals surface area contributed by atoms with Crippen molar-refractivity contribution in [2.75, 3.05) is 13.2 Å². The van der Waals surface area contributed by atoms with Crippen molar-refractivity contribution < 1.29 is 19.7 Å². The van der Waals surface area contributed by atoms with Crippen molar-refractivity contribution in [2.24, 2.45) is 17.8 Å². The monoisotopic (exact) mass is 349 g/mol. The molecular formula is C20H31NO4. The first-order chi connectivity index (χ1) is 11.9. The molecule has 0 aliphatic heterocycles. The number of carbonyl (C=O) groups excluding carboxylic acids is 1. The van der Waals surface area contributed by atoms with Crippen LogP contribution in [0.4, 0.5) is 0 Å². The molecule has 1 aliphatic carbocycles. The summed E-state index contributed by atoms with van der Waals surface area (Å²) >= 11 is 0. The number of phenolic OH excluding ortho intramolecular Hbond substituents is 2. The van der Waals surface area contributed by atoms with Gasteiger partial charge >= 0.3 is 0 Å². The molecule has 0 bridgehead atoms. The van der Waals surface area contributed by atoms with Gasteiger partial charge in [0.05, 0.1) is 6.10 Å². The summed E-state index contributed by atoms with van der Waals surface area (Å²) < 4.78 is 5.94. The first kappa shape index (κ1) is 19.6. The minimum Gasteiger partial charge on any atom is -0.504 e. The number of carbonyl (C=O) groups is 1. The van der Waals surface area contributed by atoms with Gasteiger partial charge in [0.15, 0.2) is 11.5 Å². The summed E-state index contributed by atoms with van der Waals surface area (Å²) in [6, 6.07) is 4.69. The Morgan fingerprint density at radius 1 is 1.28 bits per heavy atom. The number of aromatic hydroxyl groups is 2. The van der Waals surface area contributed by atoms with Gasteiger partial charge in [-0.05, 0) is 54.7 Å². The summed E-state index contributed by atoms with van der Waals surface area (Å²) in [6.45, 7) is 7.27. The molecule has 1 aromatic carbocycles. The van der Waals surface area contributed by atoms with Gasteiger partial charge in [0.2, 0.25) is 5.91 Å². The fourth-order valence-electron chi connectivity index (χ4n) is 3.61. The Kier molecular flexibility index (Phi) is 7.12. The molecule has 3 atom stereocenters. The van der Waals surface area contributed by atoms with Gasteiger partial charge in [-0.3, -0.25) is 4.79 Å². The molecule has 1 saturated carbocycles. The number of rotatable bonds is 7. The maximum atomic E-state index is 12.0. The van der Waals surface area contributed by atoms with E-state index in [1.54, 1.807) is 6.07 Å². The lowest BCUT2D eigenvalue weighted by molar-refractivity contribution is -0.131. The molecule has 0 spiro atoms. The SMILES string of the molecule is CC1CCC(C(C)C)C(OCC(=O)NCCc2ccc(O)c(O)c2)C1. The predicted octanol–water partition coefficient (Wildman–Crippen LogP) is 3.23. The molecule has 1 amide bonds. The second-order valence-corrected chi connectivity index (χ2v) is 7.60. The lowest BCUT2D eigenvalue weighted by Crippen LogP contribution is -2.38. The Labute approximate surface area is 150 Å². The summed E-state index contributed by atoms with van der Waals surface area (Å²) in [5.74, 6) is 1.38. The van der Waals surface area contributed by atoms with E-state index in [4.69, 9.17) is 4.74 Å². The molecule has 3 unspecified atom stereocenters. The van der Waals surface area contributed by atoms with E-state index in [2.05, 4.69) is 26.1 Å². The van der Waals surface area contributed by atoms with Crippen molar-refractivity contribution in [1.29, 1.82) is 0 Å². The van der Waals surface area contributed by atoms with Crippen molar-refractivity contribution in [3.05, 3.63) is 23.8 Å². The van der Waals surface area contributed by atoms with Crippen molar-refractivity contribution >= 4 is 5.91 Å². The summed E-state index contributed by atoms with van der Waals surface area (Å²) in [5.41, 5.74) is 0.859. The predicted molar refractivity (Wildman–Crippen MR) is 97.6 cm³/mol. The number of amides is 1. The molecule has 2 rings (SSSR count). The zero-order valence-electron chi connectivity index (χ0n) is 15.5. The summed E-state index contributed by atoms with van der Waals surface area (Å²) in [7, 11) is 0. The lowest BCUT2D eigenvalue weighted by atomic mass is 9.75. The van der Waals surface area contributed by atoms with Gasteiger partial charge < -0.3 is 20.3 Å². The molecule has 140 valence electrons. The van der Waals surface area contributed by atoms with E-state index in [0.717, 1.165) is 12.0 Å². The molecule has 1 fully saturated rings.